The van der Waals surface area contributed by atoms with E-state index < -0.39 is 0 Å². The van der Waals surface area contributed by atoms with E-state index >= 15 is 0 Å². The number of pyridine rings is 1. The second-order valence-electron chi connectivity index (χ2n) is 4.15. The maximum atomic E-state index is 11.3. The number of carbonyl (C=O) groups is 1. The number of aromatic nitrogens is 3. The first-order valence-electron chi connectivity index (χ1n) is 6.01. The molecule has 0 atom stereocenters. The third-order valence-electron chi connectivity index (χ3n) is 2.94. The average molecular weight is 284 g/mol. The lowest BCUT2D eigenvalue weighted by Gasteiger charge is -2.01. The fourth-order valence-corrected chi connectivity index (χ4v) is 2.25. The number of benzene rings is 1. The van der Waals surface area contributed by atoms with E-state index in [-0.39, 0.29) is 0 Å². The monoisotopic (exact) mass is 283 g/mol. The van der Waals surface area contributed by atoms with Crippen molar-refractivity contribution < 1.29 is 4.79 Å². The zero-order valence-corrected chi connectivity index (χ0v) is 11.2. The van der Waals surface area contributed by atoms with E-state index in [2.05, 4.69) is 10.1 Å². The predicted molar refractivity (Wildman–Crippen MR) is 77.2 cm³/mol. The van der Waals surface area contributed by atoms with Crippen molar-refractivity contribution in [3.8, 4) is 16.9 Å². The predicted octanol–water partition coefficient (Wildman–Crippen LogP) is 3.40. The Kier molecular flexibility index (Phi) is 3.31. The van der Waals surface area contributed by atoms with E-state index in [0.717, 1.165) is 17.5 Å². The van der Waals surface area contributed by atoms with Crippen LogP contribution in [-0.2, 0) is 0 Å². The third kappa shape index (κ3) is 2.10. The highest BCUT2D eigenvalue weighted by molar-refractivity contribution is 6.32. The Morgan fingerprint density at radius 3 is 2.40 bits per heavy atom. The van der Waals surface area contributed by atoms with Gasteiger partial charge in [0.15, 0.2) is 6.29 Å². The summed E-state index contributed by atoms with van der Waals surface area (Å²) in [4.78, 5) is 15.3. The molecule has 98 valence electrons. The first kappa shape index (κ1) is 12.6. The first-order chi connectivity index (χ1) is 9.81. The molecule has 0 fully saturated rings. The minimum Gasteiger partial charge on any atom is -0.298 e. The van der Waals surface area contributed by atoms with Gasteiger partial charge in [0, 0.05) is 18.0 Å². The van der Waals surface area contributed by atoms with Gasteiger partial charge in [0.25, 0.3) is 0 Å². The first-order valence-corrected chi connectivity index (χ1v) is 6.38. The van der Waals surface area contributed by atoms with Crippen molar-refractivity contribution in [3.63, 3.8) is 0 Å². The minimum atomic E-state index is 0.296. The van der Waals surface area contributed by atoms with Crippen LogP contribution in [0.15, 0.2) is 54.9 Å². The summed E-state index contributed by atoms with van der Waals surface area (Å²) in [5.74, 6) is 0. The smallest absolute Gasteiger partial charge is 0.155 e. The van der Waals surface area contributed by atoms with Crippen molar-refractivity contribution in [1.82, 2.24) is 14.8 Å². The number of aldehydes is 1. The van der Waals surface area contributed by atoms with Gasteiger partial charge in [-0.3, -0.25) is 9.78 Å². The van der Waals surface area contributed by atoms with E-state index in [1.54, 1.807) is 24.5 Å². The highest BCUT2D eigenvalue weighted by Crippen LogP contribution is 2.29. The second-order valence-corrected chi connectivity index (χ2v) is 4.51. The molecule has 0 aliphatic heterocycles. The van der Waals surface area contributed by atoms with Crippen molar-refractivity contribution >= 4 is 17.9 Å². The molecule has 5 heteroatoms. The van der Waals surface area contributed by atoms with Gasteiger partial charge in [0.1, 0.15) is 10.8 Å². The molecule has 0 aliphatic rings. The standard InChI is InChI=1S/C15H10ClN3O/c16-15-13(10-20)14(11-4-2-1-3-5-11)18-19(15)12-6-8-17-9-7-12/h1-10H. The largest absolute Gasteiger partial charge is 0.298 e. The van der Waals surface area contributed by atoms with Gasteiger partial charge < -0.3 is 0 Å². The lowest BCUT2D eigenvalue weighted by Crippen LogP contribution is -1.96. The van der Waals surface area contributed by atoms with Crippen LogP contribution in [0.5, 0.6) is 0 Å². The summed E-state index contributed by atoms with van der Waals surface area (Å²) in [5, 5.41) is 4.74. The summed E-state index contributed by atoms with van der Waals surface area (Å²) in [6, 6.07) is 13.0. The molecule has 3 rings (SSSR count). The van der Waals surface area contributed by atoms with Gasteiger partial charge in [0.05, 0.1) is 11.3 Å². The number of hydrogen-bond donors (Lipinski definition) is 0. The lowest BCUT2D eigenvalue weighted by molar-refractivity contribution is 0.112. The molecule has 0 spiro atoms. The lowest BCUT2D eigenvalue weighted by atomic mass is 10.1. The molecule has 2 aromatic heterocycles. The van der Waals surface area contributed by atoms with Crippen LogP contribution in [-0.4, -0.2) is 21.1 Å². The van der Waals surface area contributed by atoms with Crippen LogP contribution in [0.3, 0.4) is 0 Å². The highest BCUT2D eigenvalue weighted by atomic mass is 35.5. The maximum absolute atomic E-state index is 11.3. The molecule has 0 unspecified atom stereocenters. The van der Waals surface area contributed by atoms with Crippen molar-refractivity contribution in [2.24, 2.45) is 0 Å². The van der Waals surface area contributed by atoms with Gasteiger partial charge in [-0.25, -0.2) is 4.68 Å². The zero-order chi connectivity index (χ0) is 13.9. The zero-order valence-electron chi connectivity index (χ0n) is 10.4. The Morgan fingerprint density at radius 1 is 1.05 bits per heavy atom. The molecule has 20 heavy (non-hydrogen) atoms. The summed E-state index contributed by atoms with van der Waals surface area (Å²) >= 11 is 6.26. The van der Waals surface area contributed by atoms with E-state index in [4.69, 9.17) is 11.6 Å². The van der Waals surface area contributed by atoms with Crippen LogP contribution in [0, 0.1) is 0 Å². The van der Waals surface area contributed by atoms with Gasteiger partial charge in [-0.15, -0.1) is 0 Å². The minimum absolute atomic E-state index is 0.296. The van der Waals surface area contributed by atoms with Gasteiger partial charge in [0.2, 0.25) is 0 Å². The molecular formula is C15H10ClN3O. The SMILES string of the molecule is O=Cc1c(-c2ccccc2)nn(-c2ccncc2)c1Cl. The Hall–Kier alpha value is -2.46. The second kappa shape index (κ2) is 5.27. The Morgan fingerprint density at radius 2 is 1.75 bits per heavy atom. The molecule has 4 nitrogen and oxygen atoms in total. The van der Waals surface area contributed by atoms with Crippen LogP contribution >= 0.6 is 11.6 Å². The average Bonchev–Trinajstić information content (AvgIpc) is 2.86. The van der Waals surface area contributed by atoms with E-state index in [1.165, 1.54) is 4.68 Å². The fraction of sp³-hybridized carbons (Fsp3) is 0. The van der Waals surface area contributed by atoms with Crippen molar-refractivity contribution in [1.29, 1.82) is 0 Å². The summed E-state index contributed by atoms with van der Waals surface area (Å²) in [5.41, 5.74) is 2.57. The molecule has 1 aromatic carbocycles. The van der Waals surface area contributed by atoms with Crippen LogP contribution in [0.25, 0.3) is 16.9 Å². The molecule has 0 amide bonds. The van der Waals surface area contributed by atoms with Gasteiger partial charge >= 0.3 is 0 Å². The Labute approximate surface area is 120 Å². The Balaban J connectivity index is 2.21. The summed E-state index contributed by atoms with van der Waals surface area (Å²) in [7, 11) is 0. The van der Waals surface area contributed by atoms with Crippen LogP contribution in [0.4, 0.5) is 0 Å². The number of halogens is 1. The Bertz CT molecular complexity index is 739. The van der Waals surface area contributed by atoms with Crippen molar-refractivity contribution in [3.05, 3.63) is 65.6 Å². The van der Waals surface area contributed by atoms with Crippen molar-refractivity contribution in [2.75, 3.05) is 0 Å². The maximum Gasteiger partial charge on any atom is 0.155 e. The molecule has 0 saturated heterocycles. The highest BCUT2D eigenvalue weighted by Gasteiger charge is 2.17. The fourth-order valence-electron chi connectivity index (χ4n) is 1.98. The normalized spacial score (nSPS) is 10.4. The molecular weight excluding hydrogens is 274 g/mol. The van der Waals surface area contributed by atoms with Crippen LogP contribution < -0.4 is 0 Å². The quantitative estimate of drug-likeness (QED) is 0.692. The topological polar surface area (TPSA) is 47.8 Å². The van der Waals surface area contributed by atoms with E-state index in [9.17, 15) is 4.79 Å². The molecule has 0 radical (unpaired) electrons. The number of rotatable bonds is 3. The molecule has 0 N–H and O–H groups in total. The molecule has 2 heterocycles. The van der Waals surface area contributed by atoms with Crippen LogP contribution in [0.2, 0.25) is 5.15 Å². The number of hydrogen-bond acceptors (Lipinski definition) is 3. The summed E-state index contributed by atoms with van der Waals surface area (Å²) < 4.78 is 1.54. The summed E-state index contributed by atoms with van der Waals surface area (Å²) in [6.45, 7) is 0. The molecule has 0 aliphatic carbocycles. The van der Waals surface area contributed by atoms with Gasteiger partial charge in [-0.05, 0) is 12.1 Å². The molecule has 3 aromatic rings. The van der Waals surface area contributed by atoms with Gasteiger partial charge in [-0.1, -0.05) is 41.9 Å². The van der Waals surface area contributed by atoms with Crippen molar-refractivity contribution in [2.45, 2.75) is 0 Å². The van der Waals surface area contributed by atoms with Crippen LogP contribution in [0.1, 0.15) is 10.4 Å². The summed E-state index contributed by atoms with van der Waals surface area (Å²) in [6.07, 6.45) is 4.03. The third-order valence-corrected chi connectivity index (χ3v) is 3.30. The van der Waals surface area contributed by atoms with Gasteiger partial charge in [-0.2, -0.15) is 5.10 Å². The number of carbonyl (C=O) groups excluding carboxylic acids is 1. The number of nitrogens with zero attached hydrogens (tertiary/aromatic N) is 3. The van der Waals surface area contributed by atoms with E-state index in [0.29, 0.717) is 16.4 Å². The van der Waals surface area contributed by atoms with E-state index in [1.807, 2.05) is 30.3 Å². The molecule has 0 saturated carbocycles. The molecule has 0 bridgehead atoms.